The summed E-state index contributed by atoms with van der Waals surface area (Å²) in [6, 6.07) is 5.42. The zero-order chi connectivity index (χ0) is 14.8. The maximum Gasteiger partial charge on any atom is 0.230 e. The summed E-state index contributed by atoms with van der Waals surface area (Å²) in [4.78, 5) is 2.34. The van der Waals surface area contributed by atoms with Crippen molar-refractivity contribution in [2.45, 2.75) is 33.2 Å². The summed E-state index contributed by atoms with van der Waals surface area (Å²) in [7, 11) is 0. The highest BCUT2D eigenvalue weighted by molar-refractivity contribution is 5.24. The van der Waals surface area contributed by atoms with Crippen LogP contribution in [0.3, 0.4) is 0 Å². The van der Waals surface area contributed by atoms with Gasteiger partial charge in [-0.15, -0.1) is 10.2 Å². The summed E-state index contributed by atoms with van der Waals surface area (Å²) in [5.74, 6) is 1.78. The average Bonchev–Trinajstić information content (AvgIpc) is 3.04. The molecule has 21 heavy (non-hydrogen) atoms. The van der Waals surface area contributed by atoms with Crippen molar-refractivity contribution < 1.29 is 8.81 Å². The first-order chi connectivity index (χ1) is 10.1. The molecule has 0 spiro atoms. The molecule has 1 aromatic heterocycles. The first-order valence-electron chi connectivity index (χ1n) is 7.36. The molecule has 2 aromatic rings. The van der Waals surface area contributed by atoms with Crippen molar-refractivity contribution in [2.75, 3.05) is 13.1 Å². The van der Waals surface area contributed by atoms with Gasteiger partial charge in [-0.25, -0.2) is 4.39 Å². The molecule has 1 aliphatic rings. The van der Waals surface area contributed by atoms with Gasteiger partial charge in [0, 0.05) is 13.5 Å². The number of likely N-dealkylation sites (tertiary alicyclic amines) is 1. The smallest absolute Gasteiger partial charge is 0.230 e. The van der Waals surface area contributed by atoms with Gasteiger partial charge in [0.1, 0.15) is 5.82 Å². The molecule has 0 saturated carbocycles. The van der Waals surface area contributed by atoms with Crippen LogP contribution in [0, 0.1) is 25.6 Å². The fourth-order valence-corrected chi connectivity index (χ4v) is 2.98. The lowest BCUT2D eigenvalue weighted by Gasteiger charge is -2.14. The normalized spacial score (nSPS) is 19.3. The van der Waals surface area contributed by atoms with E-state index >= 15 is 0 Å². The summed E-state index contributed by atoms with van der Waals surface area (Å²) in [6.45, 7) is 6.42. The maximum absolute atomic E-state index is 13.3. The van der Waals surface area contributed by atoms with Crippen molar-refractivity contribution >= 4 is 0 Å². The topological polar surface area (TPSA) is 42.2 Å². The number of benzene rings is 1. The zero-order valence-electron chi connectivity index (χ0n) is 12.5. The first-order valence-corrected chi connectivity index (χ1v) is 7.36. The fraction of sp³-hybridized carbons (Fsp3) is 0.500. The molecule has 0 amide bonds. The maximum atomic E-state index is 13.3. The van der Waals surface area contributed by atoms with Gasteiger partial charge in [0.25, 0.3) is 0 Å². The highest BCUT2D eigenvalue weighted by atomic mass is 19.1. The molecule has 3 rings (SSSR count). The van der Waals surface area contributed by atoms with Crippen molar-refractivity contribution in [1.82, 2.24) is 15.1 Å². The van der Waals surface area contributed by atoms with Crippen molar-refractivity contribution in [3.05, 3.63) is 46.9 Å². The number of aryl methyl sites for hydroxylation is 2. The fourth-order valence-electron chi connectivity index (χ4n) is 2.98. The van der Waals surface area contributed by atoms with Gasteiger partial charge in [0.15, 0.2) is 0 Å². The zero-order valence-corrected chi connectivity index (χ0v) is 12.5. The van der Waals surface area contributed by atoms with Crippen LogP contribution in [0.2, 0.25) is 0 Å². The molecule has 1 fully saturated rings. The lowest BCUT2D eigenvalue weighted by molar-refractivity contribution is 0.277. The van der Waals surface area contributed by atoms with E-state index in [2.05, 4.69) is 15.1 Å². The highest BCUT2D eigenvalue weighted by Crippen LogP contribution is 2.23. The molecule has 1 atom stereocenters. The monoisotopic (exact) mass is 289 g/mol. The van der Waals surface area contributed by atoms with Crippen LogP contribution in [-0.4, -0.2) is 28.2 Å². The molecular weight excluding hydrogens is 269 g/mol. The standard InChI is InChI=1S/C16H20FN3O/c1-11-7-13(3-4-15(11)17)8-14-5-6-20(9-14)10-16-19-18-12(2)21-16/h3-4,7,14H,5-6,8-10H2,1-2H3. The van der Waals surface area contributed by atoms with E-state index in [0.29, 0.717) is 17.7 Å². The second-order valence-corrected chi connectivity index (χ2v) is 5.89. The van der Waals surface area contributed by atoms with Crippen molar-refractivity contribution in [3.63, 3.8) is 0 Å². The second-order valence-electron chi connectivity index (χ2n) is 5.89. The Morgan fingerprint density at radius 2 is 2.19 bits per heavy atom. The molecule has 0 aliphatic carbocycles. The van der Waals surface area contributed by atoms with Crippen LogP contribution < -0.4 is 0 Å². The number of hydrogen-bond donors (Lipinski definition) is 0. The van der Waals surface area contributed by atoms with Crippen LogP contribution in [0.4, 0.5) is 4.39 Å². The lowest BCUT2D eigenvalue weighted by Crippen LogP contribution is -2.20. The second kappa shape index (κ2) is 5.93. The molecular formula is C16H20FN3O. The molecule has 1 aromatic carbocycles. The van der Waals surface area contributed by atoms with Gasteiger partial charge in [-0.05, 0) is 49.4 Å². The van der Waals surface area contributed by atoms with Gasteiger partial charge in [0.2, 0.25) is 11.8 Å². The summed E-state index contributed by atoms with van der Waals surface area (Å²) in [5.41, 5.74) is 1.94. The highest BCUT2D eigenvalue weighted by Gasteiger charge is 2.24. The minimum absolute atomic E-state index is 0.126. The Morgan fingerprint density at radius 3 is 2.90 bits per heavy atom. The van der Waals surface area contributed by atoms with E-state index in [4.69, 9.17) is 4.42 Å². The van der Waals surface area contributed by atoms with Gasteiger partial charge >= 0.3 is 0 Å². The number of hydrogen-bond acceptors (Lipinski definition) is 4. The Balaban J connectivity index is 1.55. The molecule has 0 radical (unpaired) electrons. The Labute approximate surface area is 124 Å². The van der Waals surface area contributed by atoms with Crippen molar-refractivity contribution in [3.8, 4) is 0 Å². The summed E-state index contributed by atoms with van der Waals surface area (Å²) in [6.07, 6.45) is 2.16. The Morgan fingerprint density at radius 1 is 1.33 bits per heavy atom. The lowest BCUT2D eigenvalue weighted by atomic mass is 9.97. The Kier molecular flexibility index (Phi) is 4.01. The van der Waals surface area contributed by atoms with Crippen molar-refractivity contribution in [1.29, 1.82) is 0 Å². The first kappa shape index (κ1) is 14.2. The van der Waals surface area contributed by atoms with Gasteiger partial charge in [0.05, 0.1) is 6.54 Å². The van der Waals surface area contributed by atoms with Crippen LogP contribution in [-0.2, 0) is 13.0 Å². The minimum Gasteiger partial charge on any atom is -0.424 e. The number of aromatic nitrogens is 2. The third-order valence-corrected chi connectivity index (χ3v) is 4.04. The number of nitrogens with zero attached hydrogens (tertiary/aromatic N) is 3. The van der Waals surface area contributed by atoms with E-state index in [1.54, 1.807) is 13.0 Å². The quantitative estimate of drug-likeness (QED) is 0.868. The summed E-state index contributed by atoms with van der Waals surface area (Å²) < 4.78 is 18.7. The van der Waals surface area contributed by atoms with Crippen LogP contribution in [0.1, 0.15) is 29.3 Å². The minimum atomic E-state index is -0.126. The summed E-state index contributed by atoms with van der Waals surface area (Å²) >= 11 is 0. The average molecular weight is 289 g/mol. The van der Waals surface area contributed by atoms with Crippen LogP contribution in [0.15, 0.2) is 22.6 Å². The molecule has 1 saturated heterocycles. The molecule has 5 heteroatoms. The van der Waals surface area contributed by atoms with E-state index in [0.717, 1.165) is 38.0 Å². The summed E-state index contributed by atoms with van der Waals surface area (Å²) in [5, 5.41) is 7.89. The van der Waals surface area contributed by atoms with Crippen molar-refractivity contribution in [2.24, 2.45) is 5.92 Å². The Bertz CT molecular complexity index is 626. The third kappa shape index (κ3) is 3.47. The largest absolute Gasteiger partial charge is 0.424 e. The SMILES string of the molecule is Cc1nnc(CN2CCC(Cc3ccc(F)c(C)c3)C2)o1. The molecule has 1 unspecified atom stereocenters. The van der Waals surface area contributed by atoms with Crippen LogP contribution >= 0.6 is 0 Å². The van der Waals surface area contributed by atoms with E-state index in [1.165, 1.54) is 5.56 Å². The molecule has 1 aliphatic heterocycles. The van der Waals surface area contributed by atoms with Crippen LogP contribution in [0.25, 0.3) is 0 Å². The van der Waals surface area contributed by atoms with E-state index in [9.17, 15) is 4.39 Å². The van der Waals surface area contributed by atoms with Gasteiger partial charge < -0.3 is 4.42 Å². The van der Waals surface area contributed by atoms with E-state index in [1.807, 2.05) is 19.1 Å². The Hall–Kier alpha value is -1.75. The molecule has 0 bridgehead atoms. The van der Waals surface area contributed by atoms with E-state index < -0.39 is 0 Å². The van der Waals surface area contributed by atoms with Gasteiger partial charge in [-0.3, -0.25) is 4.90 Å². The molecule has 112 valence electrons. The van der Waals surface area contributed by atoms with E-state index in [-0.39, 0.29) is 5.82 Å². The predicted octanol–water partition coefficient (Wildman–Crippen LogP) is 2.89. The molecule has 4 nitrogen and oxygen atoms in total. The number of rotatable bonds is 4. The predicted molar refractivity (Wildman–Crippen MR) is 77.3 cm³/mol. The van der Waals surface area contributed by atoms with Gasteiger partial charge in [-0.2, -0.15) is 0 Å². The third-order valence-electron chi connectivity index (χ3n) is 4.04. The van der Waals surface area contributed by atoms with Gasteiger partial charge in [-0.1, -0.05) is 12.1 Å². The molecule has 2 heterocycles. The van der Waals surface area contributed by atoms with Crippen LogP contribution in [0.5, 0.6) is 0 Å². The number of halogens is 1. The molecule has 0 N–H and O–H groups in total.